The van der Waals surface area contributed by atoms with Crippen molar-refractivity contribution in [1.82, 2.24) is 20.0 Å². The van der Waals surface area contributed by atoms with Crippen LogP contribution in [-0.4, -0.2) is 40.2 Å². The number of hydrogen-bond acceptors (Lipinski definition) is 3. The maximum atomic E-state index is 12.1. The molecule has 0 saturated carbocycles. The Morgan fingerprint density at radius 2 is 2.17 bits per heavy atom. The molecule has 0 spiro atoms. The fourth-order valence-electron chi connectivity index (χ4n) is 3.41. The van der Waals surface area contributed by atoms with E-state index in [1.807, 2.05) is 36.1 Å². The van der Waals surface area contributed by atoms with Gasteiger partial charge in [-0.15, -0.1) is 0 Å². The van der Waals surface area contributed by atoms with Gasteiger partial charge < -0.3 is 5.32 Å². The van der Waals surface area contributed by atoms with Gasteiger partial charge in [0.15, 0.2) is 0 Å². The fourth-order valence-corrected chi connectivity index (χ4v) is 3.41. The normalized spacial score (nSPS) is 18.0. The van der Waals surface area contributed by atoms with E-state index in [0.717, 1.165) is 25.9 Å². The van der Waals surface area contributed by atoms with E-state index in [2.05, 4.69) is 33.6 Å². The lowest BCUT2D eigenvalue weighted by atomic mass is 10.1. The van der Waals surface area contributed by atoms with E-state index in [4.69, 9.17) is 0 Å². The molecule has 5 nitrogen and oxygen atoms in total. The zero-order valence-corrected chi connectivity index (χ0v) is 14.3. The molecule has 5 heteroatoms. The number of carbonyl (C=O) groups is 1. The molecule has 24 heavy (non-hydrogen) atoms. The van der Waals surface area contributed by atoms with E-state index >= 15 is 0 Å². The van der Waals surface area contributed by atoms with Crippen LogP contribution in [0.3, 0.4) is 0 Å². The van der Waals surface area contributed by atoms with Gasteiger partial charge in [-0.1, -0.05) is 30.3 Å². The zero-order valence-electron chi connectivity index (χ0n) is 14.3. The van der Waals surface area contributed by atoms with Gasteiger partial charge in [-0.2, -0.15) is 5.10 Å². The van der Waals surface area contributed by atoms with Gasteiger partial charge in [0, 0.05) is 44.4 Å². The first-order valence-electron chi connectivity index (χ1n) is 8.75. The smallest absolute Gasteiger partial charge is 0.221 e. The van der Waals surface area contributed by atoms with Crippen molar-refractivity contribution in [2.75, 3.05) is 19.6 Å². The van der Waals surface area contributed by atoms with Crippen LogP contribution >= 0.6 is 0 Å². The molecular formula is C19H26N4O. The van der Waals surface area contributed by atoms with Crippen LogP contribution in [0.5, 0.6) is 0 Å². The second-order valence-electron chi connectivity index (χ2n) is 6.48. The topological polar surface area (TPSA) is 50.2 Å². The summed E-state index contributed by atoms with van der Waals surface area (Å²) in [5.74, 6) is 0.141. The molecule has 0 radical (unpaired) electrons. The molecule has 1 aliphatic heterocycles. The van der Waals surface area contributed by atoms with Crippen LogP contribution < -0.4 is 5.32 Å². The average molecular weight is 326 g/mol. The number of amides is 1. The lowest BCUT2D eigenvalue weighted by Gasteiger charge is -2.23. The first-order chi connectivity index (χ1) is 11.7. The molecule has 128 valence electrons. The molecule has 3 rings (SSSR count). The Kier molecular flexibility index (Phi) is 5.64. The van der Waals surface area contributed by atoms with Gasteiger partial charge in [-0.25, -0.2) is 0 Å². The van der Waals surface area contributed by atoms with Gasteiger partial charge in [0.25, 0.3) is 0 Å². The van der Waals surface area contributed by atoms with Gasteiger partial charge >= 0.3 is 0 Å². The highest BCUT2D eigenvalue weighted by molar-refractivity contribution is 5.76. The maximum absolute atomic E-state index is 12.1. The van der Waals surface area contributed by atoms with Crippen molar-refractivity contribution in [1.29, 1.82) is 0 Å². The summed E-state index contributed by atoms with van der Waals surface area (Å²) in [7, 11) is 1.95. The SMILES string of the molecule is Cn1cc([C@@H]2CCCN2CCC(=O)NCCc2ccccc2)cn1. The molecule has 1 fully saturated rings. The fraction of sp³-hybridized carbons (Fsp3) is 0.474. The van der Waals surface area contributed by atoms with E-state index in [1.165, 1.54) is 17.5 Å². The van der Waals surface area contributed by atoms with Crippen LogP contribution in [0.2, 0.25) is 0 Å². The van der Waals surface area contributed by atoms with E-state index in [9.17, 15) is 4.79 Å². The predicted octanol–water partition coefficient (Wildman–Crippen LogP) is 2.31. The molecular weight excluding hydrogens is 300 g/mol. The number of likely N-dealkylation sites (tertiary alicyclic amines) is 1. The van der Waals surface area contributed by atoms with Crippen molar-refractivity contribution in [3.05, 3.63) is 53.9 Å². The van der Waals surface area contributed by atoms with E-state index < -0.39 is 0 Å². The number of rotatable bonds is 7. The molecule has 1 aromatic carbocycles. The summed E-state index contributed by atoms with van der Waals surface area (Å²) in [5.41, 5.74) is 2.52. The minimum Gasteiger partial charge on any atom is -0.356 e. The summed E-state index contributed by atoms with van der Waals surface area (Å²) in [4.78, 5) is 14.5. The monoisotopic (exact) mass is 326 g/mol. The maximum Gasteiger partial charge on any atom is 0.221 e. The number of carbonyl (C=O) groups excluding carboxylic acids is 1. The minimum atomic E-state index is 0.141. The summed E-state index contributed by atoms with van der Waals surface area (Å²) >= 11 is 0. The standard InChI is InChI=1S/C19H26N4O/c1-22-15-17(14-21-22)18-8-5-12-23(18)13-10-19(24)20-11-9-16-6-3-2-4-7-16/h2-4,6-7,14-15,18H,5,8-13H2,1H3,(H,20,24)/t18-/m0/s1. The molecule has 1 N–H and O–H groups in total. The average Bonchev–Trinajstić information content (AvgIpc) is 3.22. The highest BCUT2D eigenvalue weighted by Crippen LogP contribution is 2.31. The Morgan fingerprint density at radius 3 is 2.92 bits per heavy atom. The number of nitrogens with zero attached hydrogens (tertiary/aromatic N) is 3. The van der Waals surface area contributed by atoms with Gasteiger partial charge in [0.05, 0.1) is 6.20 Å². The number of benzene rings is 1. The summed E-state index contributed by atoms with van der Waals surface area (Å²) in [5, 5.41) is 7.30. The third-order valence-electron chi connectivity index (χ3n) is 4.68. The third kappa shape index (κ3) is 4.45. The molecule has 1 atom stereocenters. The van der Waals surface area contributed by atoms with Gasteiger partial charge in [0.2, 0.25) is 5.91 Å². The van der Waals surface area contributed by atoms with E-state index in [-0.39, 0.29) is 5.91 Å². The molecule has 1 saturated heterocycles. The molecule has 0 unspecified atom stereocenters. The highest BCUT2D eigenvalue weighted by Gasteiger charge is 2.26. The van der Waals surface area contributed by atoms with Crippen LogP contribution in [0, 0.1) is 0 Å². The summed E-state index contributed by atoms with van der Waals surface area (Å²) < 4.78 is 1.85. The minimum absolute atomic E-state index is 0.141. The quantitative estimate of drug-likeness (QED) is 0.849. The molecule has 0 aliphatic carbocycles. The Balaban J connectivity index is 1.40. The molecule has 1 aromatic heterocycles. The first kappa shape index (κ1) is 16.7. The van der Waals surface area contributed by atoms with Crippen LogP contribution in [-0.2, 0) is 18.3 Å². The predicted molar refractivity (Wildman–Crippen MR) is 94.5 cm³/mol. The van der Waals surface area contributed by atoms with E-state index in [0.29, 0.717) is 19.0 Å². The molecule has 2 aromatic rings. The van der Waals surface area contributed by atoms with Crippen molar-refractivity contribution in [2.24, 2.45) is 7.05 Å². The van der Waals surface area contributed by atoms with Crippen molar-refractivity contribution in [2.45, 2.75) is 31.7 Å². The van der Waals surface area contributed by atoms with Gasteiger partial charge in [-0.3, -0.25) is 14.4 Å². The van der Waals surface area contributed by atoms with Crippen molar-refractivity contribution in [3.63, 3.8) is 0 Å². The summed E-state index contributed by atoms with van der Waals surface area (Å²) in [6.45, 7) is 2.59. The largest absolute Gasteiger partial charge is 0.356 e. The Morgan fingerprint density at radius 1 is 1.33 bits per heavy atom. The van der Waals surface area contributed by atoms with Crippen LogP contribution in [0.1, 0.15) is 36.4 Å². The van der Waals surface area contributed by atoms with Gasteiger partial charge in [0.1, 0.15) is 0 Å². The van der Waals surface area contributed by atoms with Crippen molar-refractivity contribution >= 4 is 5.91 Å². The van der Waals surface area contributed by atoms with E-state index in [1.54, 1.807) is 0 Å². The van der Waals surface area contributed by atoms with Gasteiger partial charge in [-0.05, 0) is 31.4 Å². The number of aromatic nitrogens is 2. The molecule has 1 amide bonds. The van der Waals surface area contributed by atoms with Crippen LogP contribution in [0.15, 0.2) is 42.7 Å². The lowest BCUT2D eigenvalue weighted by molar-refractivity contribution is -0.121. The molecule has 2 heterocycles. The van der Waals surface area contributed by atoms with Crippen LogP contribution in [0.4, 0.5) is 0 Å². The summed E-state index contributed by atoms with van der Waals surface area (Å²) in [6.07, 6.45) is 7.82. The molecule has 1 aliphatic rings. The van der Waals surface area contributed by atoms with Crippen molar-refractivity contribution < 1.29 is 4.79 Å². The van der Waals surface area contributed by atoms with Crippen molar-refractivity contribution in [3.8, 4) is 0 Å². The zero-order chi connectivity index (χ0) is 16.8. The second kappa shape index (κ2) is 8.11. The lowest BCUT2D eigenvalue weighted by Crippen LogP contribution is -2.31. The summed E-state index contributed by atoms with van der Waals surface area (Å²) in [6, 6.07) is 10.7. The Bertz CT molecular complexity index is 652. The highest BCUT2D eigenvalue weighted by atomic mass is 16.1. The Hall–Kier alpha value is -2.14. The second-order valence-corrected chi connectivity index (χ2v) is 6.48. The first-order valence-corrected chi connectivity index (χ1v) is 8.75. The Labute approximate surface area is 143 Å². The molecule has 0 bridgehead atoms. The third-order valence-corrected chi connectivity index (χ3v) is 4.68. The number of aryl methyl sites for hydroxylation is 1. The number of nitrogens with one attached hydrogen (secondary N) is 1. The number of hydrogen-bond donors (Lipinski definition) is 1. The van der Waals surface area contributed by atoms with Crippen LogP contribution in [0.25, 0.3) is 0 Å².